The van der Waals surface area contributed by atoms with E-state index in [2.05, 4.69) is 26.9 Å². The summed E-state index contributed by atoms with van der Waals surface area (Å²) in [6, 6.07) is 23.0. The molecule has 0 saturated carbocycles. The van der Waals surface area contributed by atoms with Crippen LogP contribution in [0.25, 0.3) is 0 Å². The van der Waals surface area contributed by atoms with Gasteiger partial charge in [0.15, 0.2) is 0 Å². The van der Waals surface area contributed by atoms with E-state index in [9.17, 15) is 0 Å². The molecule has 0 aliphatic carbocycles. The summed E-state index contributed by atoms with van der Waals surface area (Å²) in [5, 5.41) is 1.13. The molecular formula is C22H16Cl6MgN4. The Hall–Kier alpha value is -1.02. The van der Waals surface area contributed by atoms with Crippen molar-refractivity contribution in [3.63, 3.8) is 0 Å². The number of rotatable bonds is 2. The van der Waals surface area contributed by atoms with Gasteiger partial charge in [-0.25, -0.2) is 19.9 Å². The maximum atomic E-state index is 5.78. The first-order valence-electron chi connectivity index (χ1n) is 8.77. The number of benzene rings is 2. The largest absolute Gasteiger partial charge is 2.00 e. The van der Waals surface area contributed by atoms with Crippen molar-refractivity contribution in [2.75, 3.05) is 0 Å². The fourth-order valence-corrected chi connectivity index (χ4v) is 3.31. The van der Waals surface area contributed by atoms with Crippen LogP contribution >= 0.6 is 58.0 Å². The molecule has 0 saturated heterocycles. The van der Waals surface area contributed by atoms with Gasteiger partial charge in [0, 0.05) is 12.5 Å². The van der Waals surface area contributed by atoms with E-state index in [1.54, 1.807) is 6.07 Å². The van der Waals surface area contributed by atoms with E-state index in [4.69, 9.17) is 58.0 Å². The van der Waals surface area contributed by atoms with Crippen LogP contribution in [0.5, 0.6) is 0 Å². The molecule has 4 nitrogen and oxygen atoms in total. The van der Waals surface area contributed by atoms with Crippen molar-refractivity contribution in [1.82, 2.24) is 19.9 Å². The van der Waals surface area contributed by atoms with E-state index in [-0.39, 0.29) is 56.3 Å². The standard InChI is InChI=1S/C11H8Cl2N2.C7H7.C4HCl3N2.ClH.Mg/c12-10-7-9(14-11(13)15-10)6-8-4-2-1-3-5-8;1-7-5-3-2-4-6-7;5-2-1-3(6)9-4(7)8-2;;/h1-5,7H,6H2;2-6H,1H2;1H;1H;/q;-1;;;+2/p-1. The zero-order chi connectivity index (χ0) is 22.6. The number of hydrogen-bond donors (Lipinski definition) is 0. The summed E-state index contributed by atoms with van der Waals surface area (Å²) in [4.78, 5) is 15.0. The third kappa shape index (κ3) is 14.1. The number of hydrogen-bond acceptors (Lipinski definition) is 4. The molecule has 2 heterocycles. The summed E-state index contributed by atoms with van der Waals surface area (Å²) in [5.74, 6) is 0. The van der Waals surface area contributed by atoms with Gasteiger partial charge >= 0.3 is 23.1 Å². The number of nitrogens with zero attached hydrogens (tertiary/aromatic N) is 4. The molecule has 0 amide bonds. The quantitative estimate of drug-likeness (QED) is 0.155. The SMILES string of the molecule is Clc1cc(Cc2ccccc2)nc(Cl)n1.Clc1cc(Cl)nc(Cl)n1.[CH2-]c1ccccc1.[Cl-].[Mg+2]. The second-order valence-electron chi connectivity index (χ2n) is 5.88. The van der Waals surface area contributed by atoms with E-state index in [1.165, 1.54) is 11.6 Å². The molecule has 33 heavy (non-hydrogen) atoms. The average Bonchev–Trinajstić information content (AvgIpc) is 2.68. The molecule has 0 atom stereocenters. The first-order valence-corrected chi connectivity index (χ1v) is 10.7. The molecule has 0 aliphatic heterocycles. The Labute approximate surface area is 240 Å². The van der Waals surface area contributed by atoms with Gasteiger partial charge in [-0.05, 0) is 34.8 Å². The number of aromatic nitrogens is 4. The molecular weight excluding hydrogens is 557 g/mol. The summed E-state index contributed by atoms with van der Waals surface area (Å²) in [5.41, 5.74) is 3.07. The number of halogens is 6. The van der Waals surface area contributed by atoms with Gasteiger partial charge in [-0.3, -0.25) is 0 Å². The molecule has 168 valence electrons. The Bertz CT molecular complexity index is 1020. The Balaban J connectivity index is 0.000000491. The Kier molecular flexibility index (Phi) is 16.9. The van der Waals surface area contributed by atoms with Gasteiger partial charge in [0.1, 0.15) is 15.5 Å². The van der Waals surface area contributed by atoms with Gasteiger partial charge in [0.25, 0.3) is 0 Å². The van der Waals surface area contributed by atoms with Crippen LogP contribution in [0.2, 0.25) is 26.0 Å². The van der Waals surface area contributed by atoms with Crippen LogP contribution in [-0.2, 0) is 6.42 Å². The minimum atomic E-state index is 0. The second-order valence-corrected chi connectivity index (χ2v) is 7.72. The summed E-state index contributed by atoms with van der Waals surface area (Å²) < 4.78 is 0. The Morgan fingerprint density at radius 1 is 0.606 bits per heavy atom. The van der Waals surface area contributed by atoms with Gasteiger partial charge in [-0.1, -0.05) is 71.2 Å². The minimum absolute atomic E-state index is 0. The first-order chi connectivity index (χ1) is 14.8. The second kappa shape index (κ2) is 17.4. The van der Waals surface area contributed by atoms with E-state index in [0.29, 0.717) is 11.6 Å². The summed E-state index contributed by atoms with van der Waals surface area (Å²) >= 11 is 27.7. The molecule has 2 aromatic heterocycles. The van der Waals surface area contributed by atoms with Crippen molar-refractivity contribution in [2.45, 2.75) is 6.42 Å². The average molecular weight is 573 g/mol. The van der Waals surface area contributed by atoms with Gasteiger partial charge in [-0.15, -0.1) is 12.1 Å². The zero-order valence-corrected chi connectivity index (χ0v) is 23.1. The molecule has 0 aliphatic rings. The van der Waals surface area contributed by atoms with Crippen molar-refractivity contribution < 1.29 is 12.4 Å². The van der Waals surface area contributed by atoms with Crippen LogP contribution in [0.3, 0.4) is 0 Å². The predicted molar refractivity (Wildman–Crippen MR) is 135 cm³/mol. The van der Waals surface area contributed by atoms with Crippen LogP contribution in [0.15, 0.2) is 72.8 Å². The predicted octanol–water partition coefficient (Wildman–Crippen LogP) is 4.30. The van der Waals surface area contributed by atoms with E-state index < -0.39 is 0 Å². The fourth-order valence-electron chi connectivity index (χ4n) is 2.17. The molecule has 0 unspecified atom stereocenters. The van der Waals surface area contributed by atoms with Gasteiger partial charge in [-0.2, -0.15) is 24.6 Å². The molecule has 0 radical (unpaired) electrons. The minimum Gasteiger partial charge on any atom is -1.00 e. The van der Waals surface area contributed by atoms with Crippen LogP contribution in [0, 0.1) is 6.92 Å². The molecule has 0 N–H and O–H groups in total. The van der Waals surface area contributed by atoms with Crippen LogP contribution in [0.1, 0.15) is 16.8 Å². The maximum Gasteiger partial charge on any atom is 2.00 e. The van der Waals surface area contributed by atoms with Crippen LogP contribution in [-0.4, -0.2) is 43.0 Å². The molecule has 11 heteroatoms. The molecule has 0 spiro atoms. The topological polar surface area (TPSA) is 51.6 Å². The maximum absolute atomic E-state index is 5.78. The molecule has 0 fully saturated rings. The van der Waals surface area contributed by atoms with Crippen molar-refractivity contribution in [3.8, 4) is 0 Å². The van der Waals surface area contributed by atoms with E-state index in [0.717, 1.165) is 11.3 Å². The van der Waals surface area contributed by atoms with Crippen LogP contribution in [0.4, 0.5) is 0 Å². The molecule has 4 rings (SSSR count). The van der Waals surface area contributed by atoms with Gasteiger partial charge in [0.05, 0.1) is 5.69 Å². The first kappa shape index (κ1) is 32.0. The van der Waals surface area contributed by atoms with E-state index in [1.807, 2.05) is 60.7 Å². The van der Waals surface area contributed by atoms with Crippen molar-refractivity contribution in [2.24, 2.45) is 0 Å². The molecule has 0 bridgehead atoms. The Morgan fingerprint density at radius 2 is 1.03 bits per heavy atom. The fraction of sp³-hybridized carbons (Fsp3) is 0.0455. The summed E-state index contributed by atoms with van der Waals surface area (Å²) in [7, 11) is 0. The normalized spacial score (nSPS) is 9.12. The smallest absolute Gasteiger partial charge is 1.00 e. The van der Waals surface area contributed by atoms with E-state index >= 15 is 0 Å². The summed E-state index contributed by atoms with van der Waals surface area (Å²) in [6.07, 6.45) is 0.711. The third-order valence-corrected chi connectivity index (χ3v) is 4.35. The Morgan fingerprint density at radius 3 is 1.42 bits per heavy atom. The van der Waals surface area contributed by atoms with Crippen LogP contribution < -0.4 is 12.4 Å². The monoisotopic (exact) mass is 570 g/mol. The third-order valence-electron chi connectivity index (χ3n) is 3.43. The molecule has 4 aromatic rings. The van der Waals surface area contributed by atoms with Crippen molar-refractivity contribution >= 4 is 81.1 Å². The van der Waals surface area contributed by atoms with Gasteiger partial charge < -0.3 is 12.4 Å². The zero-order valence-electron chi connectivity index (χ0n) is 17.1. The van der Waals surface area contributed by atoms with Gasteiger partial charge in [0.2, 0.25) is 10.6 Å². The van der Waals surface area contributed by atoms with Crippen molar-refractivity contribution in [1.29, 1.82) is 0 Å². The van der Waals surface area contributed by atoms with Crippen molar-refractivity contribution in [3.05, 3.63) is 123 Å². The molecule has 2 aromatic carbocycles. The summed E-state index contributed by atoms with van der Waals surface area (Å²) in [6.45, 7) is 3.72.